The Bertz CT molecular complexity index is 1100. The molecule has 0 fully saturated rings. The maximum absolute atomic E-state index is 10.6. The van der Waals surface area contributed by atoms with Crippen LogP contribution in [0.1, 0.15) is 29.3 Å². The van der Waals surface area contributed by atoms with E-state index in [0.717, 1.165) is 43.0 Å². The first-order chi connectivity index (χ1) is 16.3. The van der Waals surface area contributed by atoms with Gasteiger partial charge in [-0.3, -0.25) is 4.79 Å². The number of hydrogen-bond acceptors (Lipinski definition) is 4. The van der Waals surface area contributed by atoms with E-state index in [1.165, 1.54) is 5.56 Å². The van der Waals surface area contributed by atoms with Crippen LogP contribution in [0.2, 0.25) is 0 Å². The van der Waals surface area contributed by atoms with Gasteiger partial charge in [0.2, 0.25) is 0 Å². The Morgan fingerprint density at radius 2 is 1.21 bits per heavy atom. The number of benzene rings is 4. The molecule has 0 atom stereocenters. The molecule has 0 saturated heterocycles. The molecule has 4 rings (SSSR count). The number of aldehydes is 1. The van der Waals surface area contributed by atoms with Gasteiger partial charge in [-0.05, 0) is 67.1 Å². The molecule has 0 radical (unpaired) electrons. The molecule has 1 N–H and O–H groups in total. The predicted molar refractivity (Wildman–Crippen MR) is 133 cm³/mol. The number of hydrogen-bond donors (Lipinski definition) is 1. The number of carbonyl (C=O) groups is 1. The topological polar surface area (TPSA) is 47.6 Å². The van der Waals surface area contributed by atoms with E-state index >= 15 is 0 Å². The predicted octanol–water partition coefficient (Wildman–Crippen LogP) is 7.27. The Morgan fingerprint density at radius 1 is 0.667 bits per heavy atom. The molecule has 4 heteroatoms. The zero-order valence-corrected chi connectivity index (χ0v) is 18.8. The second-order valence-corrected chi connectivity index (χ2v) is 7.34. The summed E-state index contributed by atoms with van der Waals surface area (Å²) in [5, 5.41) is 3.39. The van der Waals surface area contributed by atoms with Crippen LogP contribution in [0.4, 0.5) is 0 Å². The van der Waals surface area contributed by atoms with Crippen LogP contribution < -0.4 is 14.8 Å². The average molecular weight is 440 g/mol. The zero-order valence-electron chi connectivity index (χ0n) is 18.8. The summed E-state index contributed by atoms with van der Waals surface area (Å²) >= 11 is 0. The van der Waals surface area contributed by atoms with Gasteiger partial charge in [0.15, 0.2) is 0 Å². The Hall–Kier alpha value is -3.89. The van der Waals surface area contributed by atoms with Crippen LogP contribution in [0, 0.1) is 0 Å². The van der Waals surface area contributed by atoms with Crippen molar-refractivity contribution in [3.8, 4) is 23.0 Å². The molecule has 0 bridgehead atoms. The molecule has 0 saturated carbocycles. The summed E-state index contributed by atoms with van der Waals surface area (Å²) in [7, 11) is 0. The fraction of sp³-hybridized carbons (Fsp3) is 0.138. The van der Waals surface area contributed by atoms with Gasteiger partial charge in [0.1, 0.15) is 29.3 Å². The SMILES string of the molecule is CCCNCc1cccc(Oc2ccccc2)c1.O=Cc1cccc(Oc2ccccc2)c1. The summed E-state index contributed by atoms with van der Waals surface area (Å²) in [4.78, 5) is 10.6. The van der Waals surface area contributed by atoms with Crippen molar-refractivity contribution in [2.24, 2.45) is 0 Å². The fourth-order valence-electron chi connectivity index (χ4n) is 3.03. The van der Waals surface area contributed by atoms with Crippen LogP contribution in [-0.2, 0) is 6.54 Å². The minimum absolute atomic E-state index is 0.614. The van der Waals surface area contributed by atoms with Crippen LogP contribution in [-0.4, -0.2) is 12.8 Å². The number of nitrogens with one attached hydrogen (secondary N) is 1. The molecule has 4 aromatic carbocycles. The third-order valence-corrected chi connectivity index (χ3v) is 4.61. The first-order valence-electron chi connectivity index (χ1n) is 11.1. The van der Waals surface area contributed by atoms with Crippen molar-refractivity contribution >= 4 is 6.29 Å². The summed E-state index contributed by atoms with van der Waals surface area (Å²) in [6, 6.07) is 34.6. The third kappa shape index (κ3) is 8.63. The Morgan fingerprint density at radius 3 is 1.79 bits per heavy atom. The lowest BCUT2D eigenvalue weighted by molar-refractivity contribution is 0.112. The maximum Gasteiger partial charge on any atom is 0.150 e. The highest BCUT2D eigenvalue weighted by Gasteiger charge is 1.99. The van der Waals surface area contributed by atoms with Crippen molar-refractivity contribution < 1.29 is 14.3 Å². The molecule has 0 amide bonds. The van der Waals surface area contributed by atoms with Crippen LogP contribution in [0.25, 0.3) is 0 Å². The maximum atomic E-state index is 10.6. The Labute approximate surface area is 195 Å². The monoisotopic (exact) mass is 439 g/mol. The van der Waals surface area contributed by atoms with Gasteiger partial charge in [-0.15, -0.1) is 0 Å². The highest BCUT2D eigenvalue weighted by Crippen LogP contribution is 2.22. The third-order valence-electron chi connectivity index (χ3n) is 4.61. The highest BCUT2D eigenvalue weighted by atomic mass is 16.5. The molecule has 0 aromatic heterocycles. The van der Waals surface area contributed by atoms with E-state index in [1.807, 2.05) is 78.9 Å². The highest BCUT2D eigenvalue weighted by molar-refractivity contribution is 5.75. The second-order valence-electron chi connectivity index (χ2n) is 7.34. The summed E-state index contributed by atoms with van der Waals surface area (Å²) in [5.74, 6) is 3.19. The molecule has 0 aliphatic rings. The van der Waals surface area contributed by atoms with Crippen molar-refractivity contribution in [2.45, 2.75) is 19.9 Å². The van der Waals surface area contributed by atoms with Crippen LogP contribution in [0.5, 0.6) is 23.0 Å². The van der Waals surface area contributed by atoms with E-state index < -0.39 is 0 Å². The second kappa shape index (κ2) is 13.5. The van der Waals surface area contributed by atoms with Gasteiger partial charge in [-0.1, -0.05) is 67.6 Å². The van der Waals surface area contributed by atoms with Crippen LogP contribution >= 0.6 is 0 Å². The lowest BCUT2D eigenvalue weighted by atomic mass is 10.2. The average Bonchev–Trinajstić information content (AvgIpc) is 2.86. The molecule has 4 nitrogen and oxygen atoms in total. The molecular weight excluding hydrogens is 410 g/mol. The molecule has 0 spiro atoms. The van der Waals surface area contributed by atoms with Crippen molar-refractivity contribution in [3.63, 3.8) is 0 Å². The van der Waals surface area contributed by atoms with Crippen LogP contribution in [0.3, 0.4) is 0 Å². The Balaban J connectivity index is 0.000000189. The van der Waals surface area contributed by atoms with Crippen molar-refractivity contribution in [1.82, 2.24) is 5.32 Å². The van der Waals surface area contributed by atoms with Crippen molar-refractivity contribution in [3.05, 3.63) is 120 Å². The van der Waals surface area contributed by atoms with Gasteiger partial charge >= 0.3 is 0 Å². The van der Waals surface area contributed by atoms with Gasteiger partial charge in [0.25, 0.3) is 0 Å². The zero-order chi connectivity index (χ0) is 23.1. The summed E-state index contributed by atoms with van der Waals surface area (Å²) in [5.41, 5.74) is 1.86. The lowest BCUT2D eigenvalue weighted by Gasteiger charge is -2.08. The van der Waals surface area contributed by atoms with Gasteiger partial charge in [-0.2, -0.15) is 0 Å². The molecule has 0 aliphatic heterocycles. The van der Waals surface area contributed by atoms with E-state index in [4.69, 9.17) is 9.47 Å². The number of para-hydroxylation sites is 2. The van der Waals surface area contributed by atoms with Gasteiger partial charge < -0.3 is 14.8 Å². The smallest absolute Gasteiger partial charge is 0.150 e. The minimum atomic E-state index is 0.614. The first-order valence-corrected chi connectivity index (χ1v) is 11.1. The van der Waals surface area contributed by atoms with E-state index in [2.05, 4.69) is 24.4 Å². The molecule has 0 aliphatic carbocycles. The molecule has 168 valence electrons. The lowest BCUT2D eigenvalue weighted by Crippen LogP contribution is -2.13. The molecule has 4 aromatic rings. The van der Waals surface area contributed by atoms with Crippen LogP contribution in [0.15, 0.2) is 109 Å². The molecule has 0 unspecified atom stereocenters. The summed E-state index contributed by atoms with van der Waals surface area (Å²) in [6.07, 6.45) is 1.96. The van der Waals surface area contributed by atoms with Crippen molar-refractivity contribution in [1.29, 1.82) is 0 Å². The van der Waals surface area contributed by atoms with E-state index in [0.29, 0.717) is 11.3 Å². The van der Waals surface area contributed by atoms with Gasteiger partial charge in [0.05, 0.1) is 0 Å². The number of carbonyl (C=O) groups excluding carboxylic acids is 1. The normalized spacial score (nSPS) is 9.97. The van der Waals surface area contributed by atoms with Crippen molar-refractivity contribution in [2.75, 3.05) is 6.54 Å². The minimum Gasteiger partial charge on any atom is -0.457 e. The number of ether oxygens (including phenoxy) is 2. The summed E-state index contributed by atoms with van der Waals surface area (Å²) < 4.78 is 11.4. The fourth-order valence-corrected chi connectivity index (χ4v) is 3.03. The molecule has 0 heterocycles. The molecular formula is C29H29NO3. The Kier molecular flexibility index (Phi) is 9.73. The largest absolute Gasteiger partial charge is 0.457 e. The van der Waals surface area contributed by atoms with E-state index in [9.17, 15) is 4.79 Å². The van der Waals surface area contributed by atoms with E-state index in [-0.39, 0.29) is 0 Å². The molecule has 33 heavy (non-hydrogen) atoms. The summed E-state index contributed by atoms with van der Waals surface area (Å²) in [6.45, 7) is 4.10. The number of rotatable bonds is 9. The first kappa shape index (κ1) is 23.8. The standard InChI is InChI=1S/C16H19NO.C13H10O2/c1-2-11-17-13-14-7-6-10-16(12-14)18-15-8-4-3-5-9-15;14-10-11-5-4-8-13(9-11)15-12-6-2-1-3-7-12/h3-10,12,17H,2,11,13H2,1H3;1-10H. The van der Waals surface area contributed by atoms with Gasteiger partial charge in [-0.25, -0.2) is 0 Å². The van der Waals surface area contributed by atoms with E-state index in [1.54, 1.807) is 18.2 Å². The quantitative estimate of drug-likeness (QED) is 0.220. The van der Waals surface area contributed by atoms with Gasteiger partial charge in [0, 0.05) is 12.1 Å².